The third-order valence-corrected chi connectivity index (χ3v) is 2.18. The normalized spacial score (nSPS) is 10.4. The minimum atomic E-state index is -0.482. The number of azo groups is 1. The Balaban J connectivity index is 1.84. The predicted molar refractivity (Wildman–Crippen MR) is 67.4 cm³/mol. The van der Waals surface area contributed by atoms with Crippen LogP contribution in [0.5, 0.6) is 0 Å². The zero-order valence-electron chi connectivity index (χ0n) is 9.65. The van der Waals surface area contributed by atoms with Gasteiger partial charge < -0.3 is 5.32 Å². The van der Waals surface area contributed by atoms with Crippen molar-refractivity contribution in [3.8, 4) is 0 Å². The van der Waals surface area contributed by atoms with Gasteiger partial charge in [0.2, 0.25) is 0 Å². The molecule has 5 heteroatoms. The number of amides is 2. The van der Waals surface area contributed by atoms with Crippen molar-refractivity contribution in [1.82, 2.24) is 10.3 Å². The number of nitrogens with zero attached hydrogens (tertiary/aromatic N) is 3. The Hall–Kier alpha value is -2.56. The van der Waals surface area contributed by atoms with Crippen molar-refractivity contribution >= 4 is 11.8 Å². The van der Waals surface area contributed by atoms with E-state index < -0.39 is 6.03 Å². The first-order valence-corrected chi connectivity index (χ1v) is 5.49. The molecule has 1 aromatic heterocycles. The van der Waals surface area contributed by atoms with Crippen LogP contribution in [0.15, 0.2) is 65.0 Å². The molecule has 0 radical (unpaired) electrons. The van der Waals surface area contributed by atoms with E-state index in [4.69, 9.17) is 0 Å². The summed E-state index contributed by atoms with van der Waals surface area (Å²) in [7, 11) is 0. The Morgan fingerprint density at radius 3 is 2.61 bits per heavy atom. The summed E-state index contributed by atoms with van der Waals surface area (Å²) >= 11 is 0. The lowest BCUT2D eigenvalue weighted by atomic mass is 10.2. The molecule has 0 aliphatic heterocycles. The highest BCUT2D eigenvalue weighted by Gasteiger charge is 1.98. The fraction of sp³-hybridized carbons (Fsp3) is 0.0769. The minimum Gasteiger partial charge on any atom is -0.331 e. The lowest BCUT2D eigenvalue weighted by Gasteiger charge is -2.00. The second-order valence-electron chi connectivity index (χ2n) is 3.53. The minimum absolute atomic E-state index is 0.410. The number of hydrogen-bond acceptors (Lipinski definition) is 3. The number of nitrogens with one attached hydrogen (secondary N) is 1. The van der Waals surface area contributed by atoms with E-state index >= 15 is 0 Å². The molecule has 2 amide bonds. The number of urea groups is 1. The summed E-state index contributed by atoms with van der Waals surface area (Å²) in [4.78, 5) is 15.3. The molecule has 1 aromatic carbocycles. The Morgan fingerprint density at radius 1 is 1.11 bits per heavy atom. The van der Waals surface area contributed by atoms with Crippen LogP contribution in [0, 0.1) is 0 Å². The maximum Gasteiger partial charge on any atom is 0.359 e. The molecule has 0 aliphatic rings. The van der Waals surface area contributed by atoms with Crippen molar-refractivity contribution in [2.75, 3.05) is 0 Å². The van der Waals surface area contributed by atoms with Gasteiger partial charge in [0, 0.05) is 12.7 Å². The van der Waals surface area contributed by atoms with Crippen molar-refractivity contribution in [2.45, 2.75) is 6.54 Å². The number of rotatable bonds is 3. The van der Waals surface area contributed by atoms with Gasteiger partial charge in [0.05, 0.1) is 0 Å². The quantitative estimate of drug-likeness (QED) is 0.838. The van der Waals surface area contributed by atoms with Gasteiger partial charge in [0.25, 0.3) is 0 Å². The van der Waals surface area contributed by atoms with E-state index in [2.05, 4.69) is 20.5 Å². The van der Waals surface area contributed by atoms with Gasteiger partial charge in [-0.05, 0) is 17.7 Å². The zero-order chi connectivity index (χ0) is 12.6. The SMILES string of the molecule is O=C(/N=N/c1ccccn1)NCc1ccccc1. The van der Waals surface area contributed by atoms with Crippen LogP contribution in [0.4, 0.5) is 10.6 Å². The topological polar surface area (TPSA) is 66.7 Å². The molecule has 0 fully saturated rings. The zero-order valence-corrected chi connectivity index (χ0v) is 9.65. The number of aromatic nitrogens is 1. The highest BCUT2D eigenvalue weighted by molar-refractivity contribution is 5.74. The Morgan fingerprint density at radius 2 is 1.89 bits per heavy atom. The summed E-state index contributed by atoms with van der Waals surface area (Å²) in [6.07, 6.45) is 1.59. The molecule has 0 spiro atoms. The van der Waals surface area contributed by atoms with E-state index in [1.165, 1.54) is 0 Å². The van der Waals surface area contributed by atoms with E-state index in [1.54, 1.807) is 24.4 Å². The molecular weight excluding hydrogens is 228 g/mol. The first-order valence-electron chi connectivity index (χ1n) is 5.49. The Bertz CT molecular complexity index is 525. The molecular formula is C13H12N4O. The average Bonchev–Trinajstić information content (AvgIpc) is 2.45. The molecule has 0 unspecified atom stereocenters. The number of hydrogen-bond donors (Lipinski definition) is 1. The molecule has 1 N–H and O–H groups in total. The maximum atomic E-state index is 11.4. The monoisotopic (exact) mass is 240 g/mol. The smallest absolute Gasteiger partial charge is 0.331 e. The number of carbonyl (C=O) groups excluding carboxylic acids is 1. The molecule has 0 aliphatic carbocycles. The highest BCUT2D eigenvalue weighted by Crippen LogP contribution is 2.05. The van der Waals surface area contributed by atoms with E-state index in [9.17, 15) is 4.79 Å². The molecule has 0 bridgehead atoms. The van der Waals surface area contributed by atoms with Crippen molar-refractivity contribution in [3.63, 3.8) is 0 Å². The number of benzene rings is 1. The number of carbonyl (C=O) groups is 1. The Kier molecular flexibility index (Phi) is 4.13. The van der Waals surface area contributed by atoms with Gasteiger partial charge in [-0.15, -0.1) is 5.11 Å². The summed E-state index contributed by atoms with van der Waals surface area (Å²) in [5.74, 6) is 0.410. The summed E-state index contributed by atoms with van der Waals surface area (Å²) in [6.45, 7) is 0.431. The van der Waals surface area contributed by atoms with Gasteiger partial charge in [-0.2, -0.15) is 0 Å². The lowest BCUT2D eigenvalue weighted by molar-refractivity contribution is 0.247. The molecule has 90 valence electrons. The summed E-state index contributed by atoms with van der Waals surface area (Å²) < 4.78 is 0. The van der Waals surface area contributed by atoms with Crippen LogP contribution in [0.3, 0.4) is 0 Å². The molecule has 2 aromatic rings. The molecule has 5 nitrogen and oxygen atoms in total. The van der Waals surface area contributed by atoms with Crippen LogP contribution in [0.1, 0.15) is 5.56 Å². The van der Waals surface area contributed by atoms with E-state index in [-0.39, 0.29) is 0 Å². The molecule has 2 rings (SSSR count). The summed E-state index contributed by atoms with van der Waals surface area (Å²) in [6, 6.07) is 14.3. The second kappa shape index (κ2) is 6.24. The first kappa shape index (κ1) is 11.9. The molecule has 0 saturated carbocycles. The van der Waals surface area contributed by atoms with Crippen LogP contribution in [0.25, 0.3) is 0 Å². The third kappa shape index (κ3) is 3.79. The van der Waals surface area contributed by atoms with Gasteiger partial charge in [0.1, 0.15) is 0 Å². The van der Waals surface area contributed by atoms with Crippen LogP contribution in [-0.2, 0) is 6.54 Å². The van der Waals surface area contributed by atoms with Gasteiger partial charge in [-0.1, -0.05) is 41.5 Å². The van der Waals surface area contributed by atoms with Gasteiger partial charge in [-0.25, -0.2) is 9.78 Å². The lowest BCUT2D eigenvalue weighted by Crippen LogP contribution is -2.18. The van der Waals surface area contributed by atoms with Crippen molar-refractivity contribution in [1.29, 1.82) is 0 Å². The van der Waals surface area contributed by atoms with E-state index in [0.717, 1.165) is 5.56 Å². The third-order valence-electron chi connectivity index (χ3n) is 2.18. The van der Waals surface area contributed by atoms with Crippen LogP contribution in [-0.4, -0.2) is 11.0 Å². The second-order valence-corrected chi connectivity index (χ2v) is 3.53. The highest BCUT2D eigenvalue weighted by atomic mass is 16.2. The van der Waals surface area contributed by atoms with Crippen LogP contribution >= 0.6 is 0 Å². The predicted octanol–water partition coefficient (Wildman–Crippen LogP) is 3.08. The average molecular weight is 240 g/mol. The Labute approximate surface area is 105 Å². The maximum absolute atomic E-state index is 11.4. The van der Waals surface area contributed by atoms with Gasteiger partial charge >= 0.3 is 6.03 Å². The fourth-order valence-corrected chi connectivity index (χ4v) is 1.32. The van der Waals surface area contributed by atoms with Gasteiger partial charge in [-0.3, -0.25) is 0 Å². The molecule has 18 heavy (non-hydrogen) atoms. The van der Waals surface area contributed by atoms with Crippen LogP contribution in [0.2, 0.25) is 0 Å². The number of pyridine rings is 1. The van der Waals surface area contributed by atoms with Crippen molar-refractivity contribution < 1.29 is 4.79 Å². The fourth-order valence-electron chi connectivity index (χ4n) is 1.32. The molecule has 0 atom stereocenters. The van der Waals surface area contributed by atoms with Crippen LogP contribution < -0.4 is 5.32 Å². The van der Waals surface area contributed by atoms with E-state index in [0.29, 0.717) is 12.4 Å². The first-order chi connectivity index (χ1) is 8.84. The largest absolute Gasteiger partial charge is 0.359 e. The molecule has 0 saturated heterocycles. The van der Waals surface area contributed by atoms with Crippen molar-refractivity contribution in [3.05, 3.63) is 60.3 Å². The standard InChI is InChI=1S/C13H12N4O/c18-13(15-10-11-6-2-1-3-7-11)17-16-12-8-4-5-9-14-12/h1-9H,10H2,(H,15,18)/b17-16+. The van der Waals surface area contributed by atoms with Gasteiger partial charge in [0.15, 0.2) is 5.82 Å². The molecule has 1 heterocycles. The summed E-state index contributed by atoms with van der Waals surface area (Å²) in [5, 5.41) is 9.88. The van der Waals surface area contributed by atoms with E-state index in [1.807, 2.05) is 30.3 Å². The van der Waals surface area contributed by atoms with Crippen molar-refractivity contribution in [2.24, 2.45) is 10.2 Å². The summed E-state index contributed by atoms with van der Waals surface area (Å²) in [5.41, 5.74) is 1.01.